The summed E-state index contributed by atoms with van der Waals surface area (Å²) < 4.78 is 24.9. The summed E-state index contributed by atoms with van der Waals surface area (Å²) in [5.74, 6) is -0.479. The number of primary amides is 1. The number of rotatable bonds is 5. The van der Waals surface area contributed by atoms with Crippen molar-refractivity contribution in [2.75, 3.05) is 11.0 Å². The first kappa shape index (κ1) is 17.1. The van der Waals surface area contributed by atoms with Crippen LogP contribution < -0.4 is 10.5 Å². The molecule has 1 amide bonds. The maximum atomic E-state index is 11.3. The lowest BCUT2D eigenvalue weighted by Crippen LogP contribution is -2.10. The summed E-state index contributed by atoms with van der Waals surface area (Å²) in [6, 6.07) is 14.0. The predicted octanol–water partition coefficient (Wildman–Crippen LogP) is 2.95. The number of hydrogen-bond donors (Lipinski definition) is 2. The molecule has 0 bridgehead atoms. The van der Waals surface area contributed by atoms with Crippen LogP contribution in [0, 0.1) is 0 Å². The van der Waals surface area contributed by atoms with Crippen molar-refractivity contribution in [1.82, 2.24) is 4.98 Å². The van der Waals surface area contributed by atoms with Crippen LogP contribution in [0.2, 0.25) is 0 Å². The molecule has 1 aromatic heterocycles. The van der Waals surface area contributed by atoms with Gasteiger partial charge in [-0.05, 0) is 24.3 Å². The summed E-state index contributed by atoms with van der Waals surface area (Å²) in [4.78, 5) is 15.9. The minimum atomic E-state index is -3.30. The summed E-state index contributed by atoms with van der Waals surface area (Å²) in [5, 5.41) is 2.68. The van der Waals surface area contributed by atoms with Crippen LogP contribution in [0.15, 0.2) is 53.9 Å². The zero-order valence-corrected chi connectivity index (χ0v) is 14.9. The molecule has 1 heterocycles. The van der Waals surface area contributed by atoms with E-state index in [0.29, 0.717) is 11.3 Å². The molecule has 3 N–H and O–H groups in total. The second-order valence-corrected chi connectivity index (χ2v) is 8.04. The third-order valence-corrected chi connectivity index (χ3v) is 4.88. The maximum absolute atomic E-state index is 11.3. The minimum absolute atomic E-state index is 0.436. The second kappa shape index (κ2) is 6.66. The van der Waals surface area contributed by atoms with Gasteiger partial charge in [0.05, 0.1) is 11.9 Å². The maximum Gasteiger partial charge on any atom is 0.248 e. The summed E-state index contributed by atoms with van der Waals surface area (Å²) in [6.45, 7) is 0. The number of sulfonamides is 1. The first-order chi connectivity index (χ1) is 11.8. The number of carbonyl (C=O) groups is 1. The van der Waals surface area contributed by atoms with E-state index in [9.17, 15) is 13.2 Å². The van der Waals surface area contributed by atoms with Crippen LogP contribution in [0.3, 0.4) is 0 Å². The van der Waals surface area contributed by atoms with E-state index in [2.05, 4.69) is 9.71 Å². The zero-order chi connectivity index (χ0) is 18.0. The van der Waals surface area contributed by atoms with Gasteiger partial charge in [-0.2, -0.15) is 0 Å². The van der Waals surface area contributed by atoms with E-state index in [1.54, 1.807) is 42.5 Å². The Bertz CT molecular complexity index is 1030. The Kier molecular flexibility index (Phi) is 4.56. The number of nitrogens with one attached hydrogen (secondary N) is 1. The minimum Gasteiger partial charge on any atom is -0.366 e. The van der Waals surface area contributed by atoms with Gasteiger partial charge in [0, 0.05) is 27.8 Å². The third kappa shape index (κ3) is 4.23. The van der Waals surface area contributed by atoms with E-state index in [4.69, 9.17) is 5.73 Å². The molecule has 0 aliphatic rings. The molecule has 3 rings (SSSR count). The molecule has 0 fully saturated rings. The molecule has 3 aromatic rings. The Morgan fingerprint density at radius 3 is 2.48 bits per heavy atom. The van der Waals surface area contributed by atoms with Gasteiger partial charge in [-0.25, -0.2) is 13.4 Å². The first-order valence-corrected chi connectivity index (χ1v) is 10.0. The smallest absolute Gasteiger partial charge is 0.248 e. The normalized spacial score (nSPS) is 11.2. The van der Waals surface area contributed by atoms with Crippen LogP contribution in [0.1, 0.15) is 10.4 Å². The lowest BCUT2D eigenvalue weighted by molar-refractivity contribution is 0.100. The van der Waals surface area contributed by atoms with Crippen molar-refractivity contribution in [2.24, 2.45) is 5.73 Å². The van der Waals surface area contributed by atoms with Crippen molar-refractivity contribution in [2.45, 2.75) is 0 Å². The van der Waals surface area contributed by atoms with Crippen LogP contribution in [-0.4, -0.2) is 25.6 Å². The molecule has 0 saturated heterocycles. The Balaban J connectivity index is 1.86. The van der Waals surface area contributed by atoms with Crippen molar-refractivity contribution in [3.63, 3.8) is 0 Å². The SMILES string of the molecule is CS(=O)(=O)Nc1ccc(-c2csc(-c3cccc(C(N)=O)c3)n2)cc1. The summed E-state index contributed by atoms with van der Waals surface area (Å²) in [6.07, 6.45) is 1.10. The fraction of sp³-hybridized carbons (Fsp3) is 0.0588. The van der Waals surface area contributed by atoms with Crippen molar-refractivity contribution in [1.29, 1.82) is 0 Å². The number of carbonyl (C=O) groups excluding carboxylic acids is 1. The van der Waals surface area contributed by atoms with E-state index in [1.165, 1.54) is 11.3 Å². The Morgan fingerprint density at radius 2 is 1.84 bits per heavy atom. The highest BCUT2D eigenvalue weighted by Crippen LogP contribution is 2.30. The van der Waals surface area contributed by atoms with Crippen molar-refractivity contribution < 1.29 is 13.2 Å². The van der Waals surface area contributed by atoms with E-state index in [1.807, 2.05) is 11.4 Å². The second-order valence-electron chi connectivity index (χ2n) is 5.43. The summed E-state index contributed by atoms with van der Waals surface area (Å²) in [7, 11) is -3.30. The number of nitrogens with zero attached hydrogens (tertiary/aromatic N) is 1. The van der Waals surface area contributed by atoms with Crippen LogP contribution in [0.5, 0.6) is 0 Å². The predicted molar refractivity (Wildman–Crippen MR) is 100.0 cm³/mol. The third-order valence-electron chi connectivity index (χ3n) is 3.38. The highest BCUT2D eigenvalue weighted by Gasteiger charge is 2.09. The quantitative estimate of drug-likeness (QED) is 0.718. The highest BCUT2D eigenvalue weighted by atomic mass is 32.2. The Morgan fingerprint density at radius 1 is 1.12 bits per heavy atom. The summed E-state index contributed by atoms with van der Waals surface area (Å²) in [5.41, 5.74) is 8.71. The van der Waals surface area contributed by atoms with Crippen molar-refractivity contribution in [3.05, 3.63) is 59.5 Å². The number of thiazole rings is 1. The van der Waals surface area contributed by atoms with E-state index in [0.717, 1.165) is 28.1 Å². The molecular weight excluding hydrogens is 358 g/mol. The van der Waals surface area contributed by atoms with Crippen molar-refractivity contribution >= 4 is 33.0 Å². The van der Waals surface area contributed by atoms with E-state index < -0.39 is 15.9 Å². The molecule has 0 spiro atoms. The number of nitrogens with two attached hydrogens (primary N) is 1. The largest absolute Gasteiger partial charge is 0.366 e. The summed E-state index contributed by atoms with van der Waals surface area (Å²) >= 11 is 1.46. The lowest BCUT2D eigenvalue weighted by atomic mass is 10.1. The number of aromatic nitrogens is 1. The standard InChI is InChI=1S/C17H15N3O3S2/c1-25(22,23)20-14-7-5-11(6-8-14)15-10-24-17(19-15)13-4-2-3-12(9-13)16(18)21/h2-10,20H,1H3,(H2,18,21). The fourth-order valence-corrected chi connectivity index (χ4v) is 3.66. The van der Waals surface area contributed by atoms with Gasteiger partial charge in [-0.15, -0.1) is 11.3 Å². The molecule has 0 unspecified atom stereocenters. The van der Waals surface area contributed by atoms with Gasteiger partial charge in [-0.3, -0.25) is 9.52 Å². The molecule has 6 nitrogen and oxygen atoms in total. The highest BCUT2D eigenvalue weighted by molar-refractivity contribution is 7.92. The molecule has 25 heavy (non-hydrogen) atoms. The van der Waals surface area contributed by atoms with Gasteiger partial charge in [0.2, 0.25) is 15.9 Å². The van der Waals surface area contributed by atoms with Gasteiger partial charge in [-0.1, -0.05) is 24.3 Å². The average molecular weight is 373 g/mol. The number of hydrogen-bond acceptors (Lipinski definition) is 5. The van der Waals surface area contributed by atoms with Crippen LogP contribution in [0.4, 0.5) is 5.69 Å². The van der Waals surface area contributed by atoms with E-state index in [-0.39, 0.29) is 0 Å². The molecule has 128 valence electrons. The van der Waals surface area contributed by atoms with Gasteiger partial charge in [0.1, 0.15) is 5.01 Å². The van der Waals surface area contributed by atoms with Crippen LogP contribution in [-0.2, 0) is 10.0 Å². The van der Waals surface area contributed by atoms with E-state index >= 15 is 0 Å². The number of anilines is 1. The molecule has 2 aromatic carbocycles. The zero-order valence-electron chi connectivity index (χ0n) is 13.3. The topological polar surface area (TPSA) is 102 Å². The van der Waals surface area contributed by atoms with Gasteiger partial charge < -0.3 is 5.73 Å². The van der Waals surface area contributed by atoms with Gasteiger partial charge in [0.25, 0.3) is 0 Å². The molecule has 0 radical (unpaired) electrons. The molecule has 0 atom stereocenters. The molecule has 0 aliphatic carbocycles. The Hall–Kier alpha value is -2.71. The van der Waals surface area contributed by atoms with Gasteiger partial charge in [0.15, 0.2) is 0 Å². The molecular formula is C17H15N3O3S2. The number of benzene rings is 2. The van der Waals surface area contributed by atoms with Gasteiger partial charge >= 0.3 is 0 Å². The molecule has 8 heteroatoms. The van der Waals surface area contributed by atoms with Crippen LogP contribution in [0.25, 0.3) is 21.8 Å². The monoisotopic (exact) mass is 373 g/mol. The average Bonchev–Trinajstić information content (AvgIpc) is 3.04. The molecule has 0 saturated carbocycles. The number of amides is 1. The fourth-order valence-electron chi connectivity index (χ4n) is 2.27. The molecule has 0 aliphatic heterocycles. The van der Waals surface area contributed by atoms with Crippen molar-refractivity contribution in [3.8, 4) is 21.8 Å². The van der Waals surface area contributed by atoms with Crippen LogP contribution >= 0.6 is 11.3 Å². The lowest BCUT2D eigenvalue weighted by Gasteiger charge is -2.04. The Labute approximate surface area is 149 Å². The first-order valence-electron chi connectivity index (χ1n) is 7.26.